The molecular weight excluding hydrogens is 148 g/mol. The van der Waals surface area contributed by atoms with Gasteiger partial charge in [-0.15, -0.1) is 0 Å². The Hall–Kier alpha value is -0.890. The summed E-state index contributed by atoms with van der Waals surface area (Å²) in [5.74, 6) is 0.542. The Morgan fingerprint density at radius 2 is 2.25 bits per heavy atom. The quantitative estimate of drug-likeness (QED) is 0.738. The maximum absolute atomic E-state index is 5.51. The molecule has 1 rings (SSSR count). The van der Waals surface area contributed by atoms with Crippen LogP contribution in [0.5, 0.6) is 0 Å². The molecule has 0 amide bonds. The average molecular weight is 164 g/mol. The second kappa shape index (κ2) is 4.21. The van der Waals surface area contributed by atoms with Gasteiger partial charge in [0.25, 0.3) is 0 Å². The van der Waals surface area contributed by atoms with Crippen LogP contribution in [0.25, 0.3) is 0 Å². The lowest BCUT2D eigenvalue weighted by atomic mass is 9.98. The van der Waals surface area contributed by atoms with Crippen molar-refractivity contribution in [3.8, 4) is 0 Å². The van der Waals surface area contributed by atoms with Crippen LogP contribution >= 0.6 is 0 Å². The van der Waals surface area contributed by atoms with Gasteiger partial charge in [-0.1, -0.05) is 13.8 Å². The first-order chi connectivity index (χ1) is 5.75. The van der Waals surface area contributed by atoms with Gasteiger partial charge in [0.15, 0.2) is 0 Å². The largest absolute Gasteiger partial charge is 0.330 e. The summed E-state index contributed by atoms with van der Waals surface area (Å²) in [7, 11) is 0. The molecule has 2 N–H and O–H groups in total. The Labute approximate surface area is 73.8 Å². The fourth-order valence-electron chi connectivity index (χ4n) is 1.34. The molecule has 0 aromatic carbocycles. The lowest BCUT2D eigenvalue weighted by Gasteiger charge is -2.10. The first-order valence-corrected chi connectivity index (χ1v) is 4.38. The average Bonchev–Trinajstić information content (AvgIpc) is 2.05. The van der Waals surface area contributed by atoms with Crippen molar-refractivity contribution < 1.29 is 0 Å². The van der Waals surface area contributed by atoms with E-state index >= 15 is 0 Å². The molecule has 2 nitrogen and oxygen atoms in total. The Balaban J connectivity index is 2.92. The molecule has 1 aromatic rings. The molecule has 2 heteroatoms. The highest BCUT2D eigenvalue weighted by Crippen LogP contribution is 2.17. The van der Waals surface area contributed by atoms with Crippen LogP contribution in [0.2, 0.25) is 0 Å². The van der Waals surface area contributed by atoms with Crippen molar-refractivity contribution in [2.75, 3.05) is 6.54 Å². The highest BCUT2D eigenvalue weighted by Gasteiger charge is 2.04. The second-order valence-corrected chi connectivity index (χ2v) is 3.27. The van der Waals surface area contributed by atoms with Crippen molar-refractivity contribution in [2.45, 2.75) is 26.2 Å². The normalized spacial score (nSPS) is 10.7. The first kappa shape index (κ1) is 9.20. The van der Waals surface area contributed by atoms with Gasteiger partial charge < -0.3 is 5.73 Å². The van der Waals surface area contributed by atoms with Crippen LogP contribution in [-0.4, -0.2) is 11.5 Å². The van der Waals surface area contributed by atoms with Gasteiger partial charge in [-0.3, -0.25) is 4.98 Å². The molecule has 0 spiro atoms. The van der Waals surface area contributed by atoms with Crippen molar-refractivity contribution in [3.05, 3.63) is 29.6 Å². The lowest BCUT2D eigenvalue weighted by molar-refractivity contribution is 0.823. The molecule has 0 bridgehead atoms. The van der Waals surface area contributed by atoms with E-state index in [-0.39, 0.29) is 0 Å². The second-order valence-electron chi connectivity index (χ2n) is 3.27. The van der Waals surface area contributed by atoms with Crippen molar-refractivity contribution in [1.82, 2.24) is 4.98 Å². The van der Waals surface area contributed by atoms with Crippen molar-refractivity contribution >= 4 is 0 Å². The summed E-state index contributed by atoms with van der Waals surface area (Å²) in [5, 5.41) is 0. The number of hydrogen-bond acceptors (Lipinski definition) is 2. The smallest absolute Gasteiger partial charge is 0.0305 e. The Morgan fingerprint density at radius 3 is 2.83 bits per heavy atom. The fraction of sp³-hybridized carbons (Fsp3) is 0.500. The molecule has 66 valence electrons. The van der Waals surface area contributed by atoms with Gasteiger partial charge in [0.05, 0.1) is 0 Å². The van der Waals surface area contributed by atoms with Gasteiger partial charge in [0.2, 0.25) is 0 Å². The standard InChI is InChI=1S/C10H16N2/c1-8(2)10-7-12-6-4-9(10)3-5-11/h4,6-8H,3,5,11H2,1-2H3. The van der Waals surface area contributed by atoms with E-state index in [0.29, 0.717) is 12.5 Å². The molecule has 0 fully saturated rings. The van der Waals surface area contributed by atoms with Gasteiger partial charge >= 0.3 is 0 Å². The summed E-state index contributed by atoms with van der Waals surface area (Å²) in [6.07, 6.45) is 4.72. The van der Waals surface area contributed by atoms with E-state index in [1.807, 2.05) is 12.4 Å². The van der Waals surface area contributed by atoms with E-state index in [4.69, 9.17) is 5.73 Å². The molecular formula is C10H16N2. The van der Waals surface area contributed by atoms with E-state index in [1.165, 1.54) is 11.1 Å². The molecule has 12 heavy (non-hydrogen) atoms. The molecule has 0 aliphatic heterocycles. The molecule has 0 saturated carbocycles. The summed E-state index contributed by atoms with van der Waals surface area (Å²) in [6.45, 7) is 5.07. The predicted octanol–water partition coefficient (Wildman–Crippen LogP) is 1.71. The summed E-state index contributed by atoms with van der Waals surface area (Å²) in [4.78, 5) is 4.11. The molecule has 0 radical (unpaired) electrons. The van der Waals surface area contributed by atoms with E-state index in [2.05, 4.69) is 24.9 Å². The first-order valence-electron chi connectivity index (χ1n) is 4.38. The number of hydrogen-bond donors (Lipinski definition) is 1. The minimum atomic E-state index is 0.542. The van der Waals surface area contributed by atoms with Crippen LogP contribution in [0.1, 0.15) is 30.9 Å². The molecule has 0 aliphatic rings. The monoisotopic (exact) mass is 164 g/mol. The molecule has 0 atom stereocenters. The highest BCUT2D eigenvalue weighted by molar-refractivity contribution is 5.26. The predicted molar refractivity (Wildman–Crippen MR) is 51.1 cm³/mol. The molecule has 1 heterocycles. The molecule has 0 unspecified atom stereocenters. The van der Waals surface area contributed by atoms with Gasteiger partial charge in [-0.25, -0.2) is 0 Å². The van der Waals surface area contributed by atoms with Gasteiger partial charge in [0, 0.05) is 12.4 Å². The Bertz CT molecular complexity index is 243. The fourth-order valence-corrected chi connectivity index (χ4v) is 1.34. The summed E-state index contributed by atoms with van der Waals surface area (Å²) < 4.78 is 0. The number of rotatable bonds is 3. The van der Waals surface area contributed by atoms with E-state index in [1.54, 1.807) is 0 Å². The third-order valence-electron chi connectivity index (χ3n) is 1.98. The molecule has 0 saturated heterocycles. The summed E-state index contributed by atoms with van der Waals surface area (Å²) >= 11 is 0. The van der Waals surface area contributed by atoms with Crippen LogP contribution in [0, 0.1) is 0 Å². The minimum absolute atomic E-state index is 0.542. The number of nitrogens with zero attached hydrogens (tertiary/aromatic N) is 1. The van der Waals surface area contributed by atoms with Crippen molar-refractivity contribution in [1.29, 1.82) is 0 Å². The zero-order chi connectivity index (χ0) is 8.97. The van der Waals surface area contributed by atoms with Gasteiger partial charge in [-0.2, -0.15) is 0 Å². The Kier molecular flexibility index (Phi) is 3.23. The van der Waals surface area contributed by atoms with Crippen molar-refractivity contribution in [3.63, 3.8) is 0 Å². The maximum atomic E-state index is 5.51. The van der Waals surface area contributed by atoms with Crippen LogP contribution in [0.3, 0.4) is 0 Å². The lowest BCUT2D eigenvalue weighted by Crippen LogP contribution is -2.06. The zero-order valence-electron chi connectivity index (χ0n) is 7.75. The van der Waals surface area contributed by atoms with E-state index in [9.17, 15) is 0 Å². The third-order valence-corrected chi connectivity index (χ3v) is 1.98. The zero-order valence-corrected chi connectivity index (χ0v) is 7.75. The van der Waals surface area contributed by atoms with Crippen LogP contribution in [0.4, 0.5) is 0 Å². The summed E-state index contributed by atoms with van der Waals surface area (Å²) in [6, 6.07) is 2.06. The van der Waals surface area contributed by atoms with E-state index in [0.717, 1.165) is 6.42 Å². The van der Waals surface area contributed by atoms with Gasteiger partial charge in [-0.05, 0) is 36.1 Å². The summed E-state index contributed by atoms with van der Waals surface area (Å²) in [5.41, 5.74) is 8.17. The molecule has 0 aliphatic carbocycles. The topological polar surface area (TPSA) is 38.9 Å². The highest BCUT2D eigenvalue weighted by atomic mass is 14.6. The minimum Gasteiger partial charge on any atom is -0.330 e. The third kappa shape index (κ3) is 2.05. The van der Waals surface area contributed by atoms with Crippen LogP contribution in [-0.2, 0) is 6.42 Å². The van der Waals surface area contributed by atoms with Crippen molar-refractivity contribution in [2.24, 2.45) is 5.73 Å². The van der Waals surface area contributed by atoms with Crippen LogP contribution in [0.15, 0.2) is 18.5 Å². The SMILES string of the molecule is CC(C)c1cnccc1CCN. The van der Waals surface area contributed by atoms with Crippen LogP contribution < -0.4 is 5.73 Å². The number of nitrogens with two attached hydrogens (primary N) is 1. The van der Waals surface area contributed by atoms with Gasteiger partial charge in [0.1, 0.15) is 0 Å². The van der Waals surface area contributed by atoms with E-state index < -0.39 is 0 Å². The Morgan fingerprint density at radius 1 is 1.50 bits per heavy atom. The maximum Gasteiger partial charge on any atom is 0.0305 e. The molecule has 1 aromatic heterocycles. The number of aromatic nitrogens is 1. The number of pyridine rings is 1.